The van der Waals surface area contributed by atoms with Crippen molar-refractivity contribution in [2.75, 3.05) is 5.43 Å². The monoisotopic (exact) mass is 336 g/mol. The van der Waals surface area contributed by atoms with E-state index in [0.29, 0.717) is 22.5 Å². The maximum absolute atomic E-state index is 11.2. The zero-order chi connectivity index (χ0) is 17.0. The van der Waals surface area contributed by atoms with E-state index in [4.69, 9.17) is 5.14 Å². The Hall–Kier alpha value is -2.49. The molecule has 0 aliphatic rings. The maximum atomic E-state index is 11.2. The molecule has 2 aromatic rings. The van der Waals surface area contributed by atoms with Gasteiger partial charge < -0.3 is 10.2 Å². The molecule has 0 bridgehead atoms. The number of hydrogen-bond donors (Lipinski definition) is 4. The molecule has 122 valence electrons. The summed E-state index contributed by atoms with van der Waals surface area (Å²) >= 11 is 0. The molecule has 1 aromatic heterocycles. The maximum Gasteiger partial charge on any atom is 0.238 e. The summed E-state index contributed by atoms with van der Waals surface area (Å²) in [6.45, 7) is 1.35. The van der Waals surface area contributed by atoms with Gasteiger partial charge in [-0.25, -0.2) is 13.6 Å². The lowest BCUT2D eigenvalue weighted by Gasteiger charge is -2.07. The fourth-order valence-electron chi connectivity index (χ4n) is 1.81. The summed E-state index contributed by atoms with van der Waals surface area (Å²) in [4.78, 5) is 3.95. The van der Waals surface area contributed by atoms with E-state index in [1.807, 2.05) is 0 Å². The van der Waals surface area contributed by atoms with E-state index in [1.54, 1.807) is 6.92 Å². The van der Waals surface area contributed by atoms with Gasteiger partial charge in [0.05, 0.1) is 29.1 Å². The zero-order valence-electron chi connectivity index (χ0n) is 12.3. The van der Waals surface area contributed by atoms with Crippen LogP contribution in [0, 0.1) is 6.92 Å². The molecule has 0 fully saturated rings. The van der Waals surface area contributed by atoms with Crippen molar-refractivity contribution in [3.05, 3.63) is 47.3 Å². The number of aliphatic hydroxyl groups excluding tert-OH is 1. The van der Waals surface area contributed by atoms with E-state index in [0.717, 1.165) is 0 Å². The largest absolute Gasteiger partial charge is 0.505 e. The number of nitrogens with zero attached hydrogens (tertiary/aromatic N) is 2. The van der Waals surface area contributed by atoms with Gasteiger partial charge in [-0.3, -0.25) is 10.4 Å². The van der Waals surface area contributed by atoms with Crippen molar-refractivity contribution in [1.82, 2.24) is 4.98 Å². The standard InChI is InChI=1S/C14H16N4O4S/c1-9-14(20)13(10(8-19)6-16-9)7-17-18-11-2-4-12(5-3-11)23(15,21)22/h2-7,18-20H,8H2,1H3,(H2,15,21,22)/b17-7+. The first kappa shape index (κ1) is 16.9. The van der Waals surface area contributed by atoms with Crippen LogP contribution in [0.25, 0.3) is 0 Å². The molecule has 0 radical (unpaired) electrons. The fraction of sp³-hybridized carbons (Fsp3) is 0.143. The Kier molecular flexibility index (Phi) is 4.94. The summed E-state index contributed by atoms with van der Waals surface area (Å²) in [7, 11) is -3.74. The molecule has 0 amide bonds. The van der Waals surface area contributed by atoms with Crippen LogP contribution in [0.3, 0.4) is 0 Å². The van der Waals surface area contributed by atoms with Crippen LogP contribution in [0.5, 0.6) is 5.75 Å². The minimum absolute atomic E-state index is 0.00278. The van der Waals surface area contributed by atoms with Gasteiger partial charge in [-0.05, 0) is 31.2 Å². The van der Waals surface area contributed by atoms with Gasteiger partial charge in [0.25, 0.3) is 0 Å². The van der Waals surface area contributed by atoms with Gasteiger partial charge in [-0.2, -0.15) is 5.10 Å². The van der Waals surface area contributed by atoms with Crippen molar-refractivity contribution in [3.63, 3.8) is 0 Å². The molecule has 23 heavy (non-hydrogen) atoms. The van der Waals surface area contributed by atoms with Crippen molar-refractivity contribution >= 4 is 21.9 Å². The number of pyridine rings is 1. The average Bonchev–Trinajstić information content (AvgIpc) is 2.51. The Morgan fingerprint density at radius 3 is 2.57 bits per heavy atom. The molecule has 8 nitrogen and oxygen atoms in total. The lowest BCUT2D eigenvalue weighted by atomic mass is 10.1. The van der Waals surface area contributed by atoms with E-state index < -0.39 is 10.0 Å². The molecular formula is C14H16N4O4S. The molecule has 2 rings (SSSR count). The number of sulfonamides is 1. The molecule has 5 N–H and O–H groups in total. The van der Waals surface area contributed by atoms with Crippen LogP contribution in [0.2, 0.25) is 0 Å². The summed E-state index contributed by atoms with van der Waals surface area (Å²) in [6.07, 6.45) is 2.81. The summed E-state index contributed by atoms with van der Waals surface area (Å²) in [5.41, 5.74) is 4.43. The van der Waals surface area contributed by atoms with Crippen molar-refractivity contribution < 1.29 is 18.6 Å². The topological polar surface area (TPSA) is 138 Å². The first-order chi connectivity index (χ1) is 10.8. The SMILES string of the molecule is Cc1ncc(CO)c(/C=N/Nc2ccc(S(N)(=O)=O)cc2)c1O. The second-order valence-corrected chi connectivity index (χ2v) is 6.29. The van der Waals surface area contributed by atoms with E-state index >= 15 is 0 Å². The van der Waals surface area contributed by atoms with Gasteiger partial charge in [0, 0.05) is 17.3 Å². The Balaban J connectivity index is 2.18. The molecule has 0 saturated heterocycles. The van der Waals surface area contributed by atoms with Crippen LogP contribution in [0.15, 0.2) is 40.5 Å². The Labute approximate surface area is 133 Å². The molecule has 0 atom stereocenters. The van der Waals surface area contributed by atoms with E-state index in [1.165, 1.54) is 36.7 Å². The predicted molar refractivity (Wildman–Crippen MR) is 85.6 cm³/mol. The molecule has 1 aromatic carbocycles. The van der Waals surface area contributed by atoms with E-state index in [-0.39, 0.29) is 17.3 Å². The minimum Gasteiger partial charge on any atom is -0.505 e. The van der Waals surface area contributed by atoms with Gasteiger partial charge >= 0.3 is 0 Å². The number of nitrogens with two attached hydrogens (primary N) is 1. The number of nitrogens with one attached hydrogen (secondary N) is 1. The molecule has 9 heteroatoms. The number of aliphatic hydroxyl groups is 1. The molecule has 0 aliphatic carbocycles. The highest BCUT2D eigenvalue weighted by Gasteiger charge is 2.09. The molecule has 0 unspecified atom stereocenters. The van der Waals surface area contributed by atoms with Crippen molar-refractivity contribution in [3.8, 4) is 5.75 Å². The van der Waals surface area contributed by atoms with E-state index in [9.17, 15) is 18.6 Å². The summed E-state index contributed by atoms with van der Waals surface area (Å²) in [6, 6.07) is 5.70. The lowest BCUT2D eigenvalue weighted by Crippen LogP contribution is -2.11. The number of primary sulfonamides is 1. The number of hydrazone groups is 1. The number of hydrogen-bond acceptors (Lipinski definition) is 7. The van der Waals surface area contributed by atoms with Gasteiger partial charge in [0.1, 0.15) is 5.75 Å². The van der Waals surface area contributed by atoms with E-state index in [2.05, 4.69) is 15.5 Å². The minimum atomic E-state index is -3.74. The van der Waals surface area contributed by atoms with Crippen LogP contribution in [-0.4, -0.2) is 29.8 Å². The van der Waals surface area contributed by atoms with Gasteiger partial charge in [0.2, 0.25) is 10.0 Å². The first-order valence-electron chi connectivity index (χ1n) is 6.53. The number of aryl methyl sites for hydroxylation is 1. The molecule has 1 heterocycles. The smallest absolute Gasteiger partial charge is 0.238 e. The lowest BCUT2D eigenvalue weighted by molar-refractivity contribution is 0.280. The summed E-state index contributed by atoms with van der Waals surface area (Å²) < 4.78 is 22.3. The number of benzene rings is 1. The van der Waals surface area contributed by atoms with Gasteiger partial charge in [-0.15, -0.1) is 0 Å². The third-order valence-corrected chi connectivity index (χ3v) is 4.03. The quantitative estimate of drug-likeness (QED) is 0.468. The highest BCUT2D eigenvalue weighted by atomic mass is 32.2. The molecule has 0 aliphatic heterocycles. The Morgan fingerprint density at radius 2 is 2.00 bits per heavy atom. The Bertz CT molecular complexity index is 833. The van der Waals surface area contributed by atoms with Gasteiger partial charge in [0.15, 0.2) is 0 Å². The fourth-order valence-corrected chi connectivity index (χ4v) is 2.33. The number of aromatic nitrogens is 1. The second kappa shape index (κ2) is 6.73. The van der Waals surface area contributed by atoms with Crippen molar-refractivity contribution in [2.45, 2.75) is 18.4 Å². The molecular weight excluding hydrogens is 320 g/mol. The van der Waals surface area contributed by atoms with Crippen LogP contribution in [0.1, 0.15) is 16.8 Å². The summed E-state index contributed by atoms with van der Waals surface area (Å²) in [5.74, 6) is -0.0633. The van der Waals surface area contributed by atoms with Crippen LogP contribution in [0.4, 0.5) is 5.69 Å². The third-order valence-electron chi connectivity index (χ3n) is 3.10. The predicted octanol–water partition coefficient (Wildman–Crippen LogP) is 0.681. The number of anilines is 1. The van der Waals surface area contributed by atoms with Crippen molar-refractivity contribution in [2.24, 2.45) is 10.2 Å². The van der Waals surface area contributed by atoms with Crippen LogP contribution < -0.4 is 10.6 Å². The second-order valence-electron chi connectivity index (χ2n) is 4.73. The zero-order valence-corrected chi connectivity index (χ0v) is 13.1. The summed E-state index contributed by atoms with van der Waals surface area (Å²) in [5, 5.41) is 28.2. The highest BCUT2D eigenvalue weighted by Crippen LogP contribution is 2.22. The highest BCUT2D eigenvalue weighted by molar-refractivity contribution is 7.89. The van der Waals surface area contributed by atoms with Crippen LogP contribution in [-0.2, 0) is 16.6 Å². The third kappa shape index (κ3) is 4.03. The molecule has 0 saturated carbocycles. The normalized spacial score (nSPS) is 11.8. The van der Waals surface area contributed by atoms with Crippen molar-refractivity contribution in [1.29, 1.82) is 0 Å². The van der Waals surface area contributed by atoms with Crippen LogP contribution >= 0.6 is 0 Å². The first-order valence-corrected chi connectivity index (χ1v) is 8.08. The van der Waals surface area contributed by atoms with Gasteiger partial charge in [-0.1, -0.05) is 0 Å². The molecule has 0 spiro atoms. The average molecular weight is 336 g/mol. The Morgan fingerprint density at radius 1 is 1.35 bits per heavy atom. The number of rotatable bonds is 5. The number of aromatic hydroxyl groups is 1.